The lowest BCUT2D eigenvalue weighted by atomic mass is 9.98. The Kier molecular flexibility index (Phi) is 4.79. The lowest BCUT2D eigenvalue weighted by molar-refractivity contribution is -0.138. The summed E-state index contributed by atoms with van der Waals surface area (Å²) in [6, 6.07) is 7.25. The molecule has 4 nitrogen and oxygen atoms in total. The van der Waals surface area contributed by atoms with Crippen molar-refractivity contribution >= 4 is 34.5 Å². The first-order valence-corrected chi connectivity index (χ1v) is 7.45. The number of rotatable bonds is 3. The second-order valence-electron chi connectivity index (χ2n) is 4.73. The van der Waals surface area contributed by atoms with Gasteiger partial charge < -0.3 is 10.0 Å². The van der Waals surface area contributed by atoms with Gasteiger partial charge in [0.25, 0.3) is 5.91 Å². The summed E-state index contributed by atoms with van der Waals surface area (Å²) in [4.78, 5) is 25.2. The molecule has 102 valence electrons. The van der Waals surface area contributed by atoms with Crippen molar-refractivity contribution in [3.05, 3.63) is 33.4 Å². The summed E-state index contributed by atoms with van der Waals surface area (Å²) in [5, 5.41) is 8.95. The summed E-state index contributed by atoms with van der Waals surface area (Å²) in [5.41, 5.74) is 0.667. The molecule has 1 atom stereocenters. The van der Waals surface area contributed by atoms with Crippen LogP contribution < -0.4 is 0 Å². The fraction of sp³-hybridized carbons (Fsp3) is 0.429. The first kappa shape index (κ1) is 14.3. The van der Waals surface area contributed by atoms with E-state index in [1.54, 1.807) is 11.0 Å². The second kappa shape index (κ2) is 6.36. The summed E-state index contributed by atoms with van der Waals surface area (Å²) in [5.74, 6) is -0.886. The van der Waals surface area contributed by atoms with Gasteiger partial charge in [0.05, 0.1) is 12.0 Å². The molecule has 1 unspecified atom stereocenters. The largest absolute Gasteiger partial charge is 0.481 e. The Morgan fingerprint density at radius 2 is 2.05 bits per heavy atom. The minimum atomic E-state index is -0.840. The number of halogens is 1. The molecule has 0 spiro atoms. The van der Waals surface area contributed by atoms with Crippen LogP contribution in [0.15, 0.2) is 24.3 Å². The minimum Gasteiger partial charge on any atom is -0.481 e. The van der Waals surface area contributed by atoms with Gasteiger partial charge in [-0.05, 0) is 54.0 Å². The van der Waals surface area contributed by atoms with Crippen LogP contribution in [0.1, 0.15) is 36.0 Å². The molecule has 0 aromatic heterocycles. The van der Waals surface area contributed by atoms with E-state index in [0.29, 0.717) is 12.1 Å². The summed E-state index contributed by atoms with van der Waals surface area (Å²) in [6.07, 6.45) is 2.76. The molecule has 1 amide bonds. The molecular formula is C14H16INO3. The Bertz CT molecular complexity index is 489. The molecule has 0 aliphatic carbocycles. The molecule has 19 heavy (non-hydrogen) atoms. The van der Waals surface area contributed by atoms with E-state index in [4.69, 9.17) is 5.11 Å². The van der Waals surface area contributed by atoms with E-state index in [9.17, 15) is 9.59 Å². The van der Waals surface area contributed by atoms with Crippen molar-refractivity contribution in [2.45, 2.75) is 31.7 Å². The van der Waals surface area contributed by atoms with E-state index in [-0.39, 0.29) is 18.4 Å². The van der Waals surface area contributed by atoms with Gasteiger partial charge in [-0.15, -0.1) is 0 Å². The Morgan fingerprint density at radius 1 is 1.32 bits per heavy atom. The topological polar surface area (TPSA) is 57.6 Å². The van der Waals surface area contributed by atoms with Crippen LogP contribution >= 0.6 is 22.6 Å². The predicted octanol–water partition coefficient (Wildman–Crippen LogP) is 2.76. The number of nitrogens with zero attached hydrogens (tertiary/aromatic N) is 1. The van der Waals surface area contributed by atoms with Gasteiger partial charge in [-0.1, -0.05) is 12.1 Å². The van der Waals surface area contributed by atoms with Crippen LogP contribution in [-0.2, 0) is 4.79 Å². The van der Waals surface area contributed by atoms with Crippen LogP contribution in [0.2, 0.25) is 0 Å². The average molecular weight is 373 g/mol. The maximum absolute atomic E-state index is 12.5. The number of hydrogen-bond donors (Lipinski definition) is 1. The van der Waals surface area contributed by atoms with Gasteiger partial charge in [-0.25, -0.2) is 0 Å². The number of hydrogen-bond acceptors (Lipinski definition) is 2. The standard InChI is InChI=1S/C14H16INO3/c15-12-7-2-1-6-11(12)14(19)16-8-4-3-5-10(16)9-13(17)18/h1-2,6-7,10H,3-5,8-9H2,(H,17,18). The molecule has 1 fully saturated rings. The van der Waals surface area contributed by atoms with Crippen molar-refractivity contribution < 1.29 is 14.7 Å². The lowest BCUT2D eigenvalue weighted by Gasteiger charge is -2.35. The number of carbonyl (C=O) groups excluding carboxylic acids is 1. The summed E-state index contributed by atoms with van der Waals surface area (Å²) < 4.78 is 0.907. The number of piperidine rings is 1. The Hall–Kier alpha value is -1.11. The number of carboxylic acid groups (broad SMARTS) is 1. The molecule has 1 saturated heterocycles. The van der Waals surface area contributed by atoms with Crippen molar-refractivity contribution in [1.82, 2.24) is 4.90 Å². The van der Waals surface area contributed by atoms with Crippen LogP contribution in [0, 0.1) is 3.57 Å². The smallest absolute Gasteiger partial charge is 0.305 e. The monoisotopic (exact) mass is 373 g/mol. The second-order valence-corrected chi connectivity index (χ2v) is 5.89. The number of aliphatic carboxylic acids is 1. The zero-order valence-corrected chi connectivity index (χ0v) is 12.7. The van der Waals surface area contributed by atoms with Gasteiger partial charge in [0.2, 0.25) is 0 Å². The fourth-order valence-electron chi connectivity index (χ4n) is 2.47. The quantitative estimate of drug-likeness (QED) is 0.830. The van der Waals surface area contributed by atoms with E-state index >= 15 is 0 Å². The van der Waals surface area contributed by atoms with Crippen molar-refractivity contribution in [3.63, 3.8) is 0 Å². The van der Waals surface area contributed by atoms with E-state index < -0.39 is 5.97 Å². The molecule has 1 heterocycles. The lowest BCUT2D eigenvalue weighted by Crippen LogP contribution is -2.45. The maximum Gasteiger partial charge on any atom is 0.305 e. The van der Waals surface area contributed by atoms with Gasteiger partial charge >= 0.3 is 5.97 Å². The van der Waals surface area contributed by atoms with Gasteiger partial charge in [0.1, 0.15) is 0 Å². The van der Waals surface area contributed by atoms with Crippen molar-refractivity contribution in [2.75, 3.05) is 6.54 Å². The normalized spacial score (nSPS) is 19.2. The maximum atomic E-state index is 12.5. The molecule has 1 N–H and O–H groups in total. The molecule has 1 aromatic rings. The van der Waals surface area contributed by atoms with Gasteiger partial charge in [0.15, 0.2) is 0 Å². The Labute approximate surface area is 125 Å². The molecule has 0 saturated carbocycles. The number of carbonyl (C=O) groups is 2. The van der Waals surface area contributed by atoms with Crippen molar-refractivity contribution in [2.24, 2.45) is 0 Å². The highest BCUT2D eigenvalue weighted by Gasteiger charge is 2.29. The molecule has 1 aliphatic heterocycles. The van der Waals surface area contributed by atoms with E-state index in [2.05, 4.69) is 22.6 Å². The third kappa shape index (κ3) is 3.46. The van der Waals surface area contributed by atoms with Crippen LogP contribution in [0.3, 0.4) is 0 Å². The number of benzene rings is 1. The number of carboxylic acids is 1. The molecule has 1 aliphatic rings. The number of likely N-dealkylation sites (tertiary alicyclic amines) is 1. The molecular weight excluding hydrogens is 357 g/mol. The number of amides is 1. The predicted molar refractivity (Wildman–Crippen MR) is 80.1 cm³/mol. The highest BCUT2D eigenvalue weighted by molar-refractivity contribution is 14.1. The Morgan fingerprint density at radius 3 is 2.74 bits per heavy atom. The first-order chi connectivity index (χ1) is 9.09. The first-order valence-electron chi connectivity index (χ1n) is 6.37. The molecule has 1 aromatic carbocycles. The minimum absolute atomic E-state index is 0.0369. The van der Waals surface area contributed by atoms with Crippen LogP contribution in [-0.4, -0.2) is 34.5 Å². The molecule has 0 radical (unpaired) electrons. The van der Waals surface area contributed by atoms with Gasteiger partial charge in [0, 0.05) is 16.2 Å². The van der Waals surface area contributed by atoms with E-state index in [1.807, 2.05) is 18.2 Å². The van der Waals surface area contributed by atoms with Gasteiger partial charge in [-0.2, -0.15) is 0 Å². The molecule has 0 bridgehead atoms. The van der Waals surface area contributed by atoms with Crippen LogP contribution in [0.5, 0.6) is 0 Å². The third-order valence-electron chi connectivity index (χ3n) is 3.40. The zero-order valence-electron chi connectivity index (χ0n) is 10.5. The molecule has 2 rings (SSSR count). The van der Waals surface area contributed by atoms with Crippen LogP contribution in [0.25, 0.3) is 0 Å². The summed E-state index contributed by atoms with van der Waals surface area (Å²) >= 11 is 2.14. The van der Waals surface area contributed by atoms with Crippen molar-refractivity contribution in [1.29, 1.82) is 0 Å². The molecule has 5 heteroatoms. The zero-order chi connectivity index (χ0) is 13.8. The highest BCUT2D eigenvalue weighted by Crippen LogP contribution is 2.23. The SMILES string of the molecule is O=C(O)CC1CCCCN1C(=O)c1ccccc1I. The summed E-state index contributed by atoms with van der Waals surface area (Å²) in [6.45, 7) is 0.655. The van der Waals surface area contributed by atoms with E-state index in [0.717, 1.165) is 22.8 Å². The average Bonchev–Trinajstić information content (AvgIpc) is 2.38. The van der Waals surface area contributed by atoms with E-state index in [1.165, 1.54) is 0 Å². The summed E-state index contributed by atoms with van der Waals surface area (Å²) in [7, 11) is 0. The fourth-order valence-corrected chi connectivity index (χ4v) is 3.09. The van der Waals surface area contributed by atoms with Gasteiger partial charge in [-0.3, -0.25) is 9.59 Å². The van der Waals surface area contributed by atoms with Crippen LogP contribution in [0.4, 0.5) is 0 Å². The highest BCUT2D eigenvalue weighted by atomic mass is 127. The van der Waals surface area contributed by atoms with Crippen molar-refractivity contribution in [3.8, 4) is 0 Å². The third-order valence-corrected chi connectivity index (χ3v) is 4.34. The Balaban J connectivity index is 2.20.